The number of ketones is 1. The van der Waals surface area contributed by atoms with Crippen LogP contribution in [-0.4, -0.2) is 35.1 Å². The van der Waals surface area contributed by atoms with Crippen LogP contribution in [0.1, 0.15) is 15.9 Å². The van der Waals surface area contributed by atoms with Crippen LogP contribution >= 0.6 is 0 Å². The topological polar surface area (TPSA) is 104 Å². The van der Waals surface area contributed by atoms with Crippen LogP contribution in [0.2, 0.25) is 0 Å². The van der Waals surface area contributed by atoms with E-state index in [-0.39, 0.29) is 22.6 Å². The molecule has 0 aliphatic heterocycles. The number of rotatable bonds is 6. The molecule has 2 aromatic rings. The molecule has 134 valence electrons. The Morgan fingerprint density at radius 2 is 1.56 bits per heavy atom. The largest absolute Gasteiger partial charge is 0.383 e. The third-order valence-corrected chi connectivity index (χ3v) is 3.75. The highest BCUT2D eigenvalue weighted by molar-refractivity contribution is 7.86. The van der Waals surface area contributed by atoms with Gasteiger partial charge in [0.2, 0.25) is 0 Å². The van der Waals surface area contributed by atoms with E-state index in [9.17, 15) is 26.0 Å². The molecule has 0 N–H and O–H groups in total. The molecule has 0 aromatic heterocycles. The van der Waals surface area contributed by atoms with E-state index in [0.717, 1.165) is 42.8 Å². The molecule has 0 amide bonds. The molecule has 0 unspecified atom stereocenters. The van der Waals surface area contributed by atoms with Gasteiger partial charge in [-0.25, -0.2) is 4.39 Å². The van der Waals surface area contributed by atoms with E-state index in [1.165, 1.54) is 12.1 Å². The minimum absolute atomic E-state index is 0.0742. The van der Waals surface area contributed by atoms with Gasteiger partial charge in [0.15, 0.2) is 11.5 Å². The van der Waals surface area contributed by atoms with Gasteiger partial charge < -0.3 is 8.37 Å². The molecule has 0 atom stereocenters. The lowest BCUT2D eigenvalue weighted by molar-refractivity contribution is 0.103. The highest BCUT2D eigenvalue weighted by atomic mass is 32.2. The molecular formula is C15H13FO7S2. The predicted molar refractivity (Wildman–Crippen MR) is 87.2 cm³/mol. The summed E-state index contributed by atoms with van der Waals surface area (Å²) in [5.41, 5.74) is -0.368. The molecule has 0 saturated carbocycles. The first kappa shape index (κ1) is 18.9. The fraction of sp³-hybridized carbons (Fsp3) is 0.133. The van der Waals surface area contributed by atoms with E-state index in [1.54, 1.807) is 0 Å². The monoisotopic (exact) mass is 388 g/mol. The highest BCUT2D eigenvalue weighted by Crippen LogP contribution is 2.28. The number of carbonyl (C=O) groups is 1. The van der Waals surface area contributed by atoms with Gasteiger partial charge in [-0.2, -0.15) is 16.8 Å². The Morgan fingerprint density at radius 1 is 0.920 bits per heavy atom. The first-order valence-corrected chi connectivity index (χ1v) is 10.3. The summed E-state index contributed by atoms with van der Waals surface area (Å²) in [5, 5.41) is 0. The zero-order valence-corrected chi connectivity index (χ0v) is 14.7. The van der Waals surface area contributed by atoms with Gasteiger partial charge in [-0.15, -0.1) is 0 Å². The van der Waals surface area contributed by atoms with Gasteiger partial charge in [-0.3, -0.25) is 4.79 Å². The molecule has 0 heterocycles. The van der Waals surface area contributed by atoms with Gasteiger partial charge in [0.25, 0.3) is 0 Å². The summed E-state index contributed by atoms with van der Waals surface area (Å²) in [7, 11) is -7.83. The first-order valence-electron chi connectivity index (χ1n) is 6.68. The number of carbonyl (C=O) groups excluding carboxylic acids is 1. The van der Waals surface area contributed by atoms with Crippen molar-refractivity contribution >= 4 is 26.0 Å². The van der Waals surface area contributed by atoms with Crippen molar-refractivity contribution in [2.75, 3.05) is 12.5 Å². The van der Waals surface area contributed by atoms with Crippen molar-refractivity contribution in [2.24, 2.45) is 0 Å². The summed E-state index contributed by atoms with van der Waals surface area (Å²) in [6.45, 7) is 0. The maximum Gasteiger partial charge on any atom is 0.306 e. The molecule has 0 radical (unpaired) electrons. The molecule has 0 fully saturated rings. The van der Waals surface area contributed by atoms with Crippen LogP contribution in [0.25, 0.3) is 0 Å². The van der Waals surface area contributed by atoms with E-state index in [1.807, 2.05) is 0 Å². The van der Waals surface area contributed by atoms with Crippen LogP contribution in [0.4, 0.5) is 4.39 Å². The van der Waals surface area contributed by atoms with E-state index in [4.69, 9.17) is 4.18 Å². The van der Waals surface area contributed by atoms with Gasteiger partial charge in [-0.1, -0.05) is 12.1 Å². The highest BCUT2D eigenvalue weighted by Gasteiger charge is 2.20. The zero-order chi connectivity index (χ0) is 18.8. The second kappa shape index (κ2) is 6.81. The Hall–Kier alpha value is -2.46. The molecule has 10 heteroatoms. The fourth-order valence-electron chi connectivity index (χ4n) is 1.93. The van der Waals surface area contributed by atoms with Crippen LogP contribution in [0.3, 0.4) is 0 Å². The average molecular weight is 388 g/mol. The van der Waals surface area contributed by atoms with Gasteiger partial charge in [0.1, 0.15) is 11.6 Å². The lowest BCUT2D eigenvalue weighted by Gasteiger charge is -2.11. The lowest BCUT2D eigenvalue weighted by atomic mass is 10.0. The van der Waals surface area contributed by atoms with Crippen LogP contribution in [0, 0.1) is 5.82 Å². The van der Waals surface area contributed by atoms with Crippen LogP contribution in [0.5, 0.6) is 11.5 Å². The summed E-state index contributed by atoms with van der Waals surface area (Å²) in [6.07, 6.45) is 1.59. The normalized spacial score (nSPS) is 11.8. The molecule has 0 spiro atoms. The quantitative estimate of drug-likeness (QED) is 0.548. The van der Waals surface area contributed by atoms with Crippen molar-refractivity contribution in [1.82, 2.24) is 0 Å². The van der Waals surface area contributed by atoms with Crippen molar-refractivity contribution in [1.29, 1.82) is 0 Å². The summed E-state index contributed by atoms with van der Waals surface area (Å²) < 4.78 is 67.9. The molecular weight excluding hydrogens is 375 g/mol. The second-order valence-electron chi connectivity index (χ2n) is 5.07. The van der Waals surface area contributed by atoms with E-state index in [0.29, 0.717) is 0 Å². The molecule has 0 aliphatic rings. The number of benzene rings is 2. The fourth-order valence-corrected chi connectivity index (χ4v) is 2.86. The van der Waals surface area contributed by atoms with Crippen LogP contribution in [-0.2, 0) is 20.2 Å². The van der Waals surface area contributed by atoms with Crippen molar-refractivity contribution in [3.63, 3.8) is 0 Å². The summed E-state index contributed by atoms with van der Waals surface area (Å²) in [4.78, 5) is 12.6. The van der Waals surface area contributed by atoms with Crippen molar-refractivity contribution < 1.29 is 34.4 Å². The van der Waals surface area contributed by atoms with Gasteiger partial charge >= 0.3 is 20.2 Å². The van der Waals surface area contributed by atoms with Crippen molar-refractivity contribution in [3.8, 4) is 11.5 Å². The lowest BCUT2D eigenvalue weighted by Crippen LogP contribution is -2.12. The Kier molecular flexibility index (Phi) is 5.14. The SMILES string of the molecule is CS(=O)(=O)Oc1ccc(OS(C)(=O)=O)c(C(=O)c2cccc(F)c2)c1. The van der Waals surface area contributed by atoms with E-state index in [2.05, 4.69) is 4.18 Å². The van der Waals surface area contributed by atoms with Gasteiger partial charge in [-0.05, 0) is 30.3 Å². The predicted octanol–water partition coefficient (Wildman–Crippen LogP) is 1.73. The third kappa shape index (κ3) is 5.54. The molecule has 0 bridgehead atoms. The average Bonchev–Trinajstić information content (AvgIpc) is 2.45. The van der Waals surface area contributed by atoms with Crippen LogP contribution in [0.15, 0.2) is 42.5 Å². The molecule has 2 rings (SSSR count). The molecule has 0 saturated heterocycles. The van der Waals surface area contributed by atoms with Gasteiger partial charge in [0.05, 0.1) is 18.1 Å². The molecule has 7 nitrogen and oxygen atoms in total. The third-order valence-electron chi connectivity index (χ3n) is 2.77. The second-order valence-corrected chi connectivity index (χ2v) is 8.22. The van der Waals surface area contributed by atoms with Crippen molar-refractivity contribution in [3.05, 3.63) is 59.4 Å². The standard InChI is InChI=1S/C15H13FO7S2/c1-24(18,19)22-12-6-7-14(23-25(2,20)21)13(9-12)15(17)10-4-3-5-11(16)8-10/h3-9H,1-2H3. The smallest absolute Gasteiger partial charge is 0.306 e. The molecule has 25 heavy (non-hydrogen) atoms. The maximum absolute atomic E-state index is 13.3. The number of hydrogen-bond acceptors (Lipinski definition) is 7. The number of halogens is 1. The maximum atomic E-state index is 13.3. The summed E-state index contributed by atoms with van der Waals surface area (Å²) in [6, 6.07) is 7.92. The Bertz CT molecular complexity index is 1030. The van der Waals surface area contributed by atoms with Crippen molar-refractivity contribution in [2.45, 2.75) is 0 Å². The Morgan fingerprint density at radius 3 is 2.12 bits per heavy atom. The minimum Gasteiger partial charge on any atom is -0.383 e. The molecule has 0 aliphatic carbocycles. The summed E-state index contributed by atoms with van der Waals surface area (Å²) in [5.74, 6) is -1.99. The van der Waals surface area contributed by atoms with E-state index >= 15 is 0 Å². The first-order chi connectivity index (χ1) is 11.4. The Labute approximate surface area is 144 Å². The zero-order valence-electron chi connectivity index (χ0n) is 13.1. The van der Waals surface area contributed by atoms with Crippen LogP contribution < -0.4 is 8.37 Å². The van der Waals surface area contributed by atoms with E-state index < -0.39 is 31.8 Å². The van der Waals surface area contributed by atoms with Gasteiger partial charge in [0, 0.05) is 5.56 Å². The Balaban J connectivity index is 2.57. The molecule has 2 aromatic carbocycles. The minimum atomic E-state index is -3.96. The summed E-state index contributed by atoms with van der Waals surface area (Å²) >= 11 is 0. The number of hydrogen-bond donors (Lipinski definition) is 0.